The number of carbonyl (C=O) groups is 1. The molecule has 4 fully saturated rings. The van der Waals surface area contributed by atoms with Gasteiger partial charge in [0.1, 0.15) is 11.5 Å². The summed E-state index contributed by atoms with van der Waals surface area (Å²) in [4.78, 5) is 37.6. The van der Waals surface area contributed by atoms with Crippen LogP contribution >= 0.6 is 0 Å². The Morgan fingerprint density at radius 2 is 1.88 bits per heavy atom. The molecule has 4 saturated carbocycles. The largest absolute Gasteiger partial charge is 0.481 e. The van der Waals surface area contributed by atoms with E-state index in [1.54, 1.807) is 17.0 Å². The zero-order chi connectivity index (χ0) is 23.4. The topological polar surface area (TPSA) is 113 Å². The Bertz CT molecular complexity index is 1300. The van der Waals surface area contributed by atoms with Gasteiger partial charge in [0.2, 0.25) is 0 Å². The zero-order valence-corrected chi connectivity index (χ0v) is 18.8. The Hall–Kier alpha value is -3.23. The first-order valence-corrected chi connectivity index (χ1v) is 12.2. The highest BCUT2D eigenvalue weighted by Crippen LogP contribution is 2.46. The summed E-state index contributed by atoms with van der Waals surface area (Å²) in [5.74, 6) is -1.25. The standard InChI is InChI=1S/C25H28FN5O3/c26-15-9-17-18(11-28-22(17)27-10-15)19-12-31(16-3-1-2-4-16)24(32)23(29-19)30-21-14-7-5-13(6-8-14)20(21)25(33)34/h9-14,16,20-21H,1-8H2,(H,27,28)(H,29,30)(H,33,34)/t13?,14?,20-,21-/m0/s1. The van der Waals surface area contributed by atoms with E-state index in [-0.39, 0.29) is 35.3 Å². The van der Waals surface area contributed by atoms with Gasteiger partial charge in [0.25, 0.3) is 5.56 Å². The quantitative estimate of drug-likeness (QED) is 0.517. The van der Waals surface area contributed by atoms with Gasteiger partial charge in [-0.3, -0.25) is 9.59 Å². The first-order valence-electron chi connectivity index (χ1n) is 12.2. The summed E-state index contributed by atoms with van der Waals surface area (Å²) >= 11 is 0. The maximum absolute atomic E-state index is 14.0. The molecule has 3 N–H and O–H groups in total. The lowest BCUT2D eigenvalue weighted by atomic mass is 9.61. The fourth-order valence-electron chi connectivity index (χ4n) is 6.55. The Balaban J connectivity index is 1.46. The molecule has 0 spiro atoms. The molecule has 3 heterocycles. The molecule has 0 radical (unpaired) electrons. The summed E-state index contributed by atoms with van der Waals surface area (Å²) in [5, 5.41) is 13.9. The van der Waals surface area contributed by atoms with Crippen LogP contribution in [0.25, 0.3) is 22.3 Å². The van der Waals surface area contributed by atoms with Gasteiger partial charge in [0.15, 0.2) is 5.82 Å². The Morgan fingerprint density at radius 1 is 1.15 bits per heavy atom. The minimum atomic E-state index is -0.808. The van der Waals surface area contributed by atoms with Crippen molar-refractivity contribution in [1.29, 1.82) is 0 Å². The van der Waals surface area contributed by atoms with Crippen LogP contribution < -0.4 is 10.9 Å². The van der Waals surface area contributed by atoms with Crippen LogP contribution in [-0.2, 0) is 4.79 Å². The van der Waals surface area contributed by atoms with Crippen molar-refractivity contribution in [2.45, 2.75) is 63.5 Å². The monoisotopic (exact) mass is 465 g/mol. The fourth-order valence-corrected chi connectivity index (χ4v) is 6.55. The molecule has 8 nitrogen and oxygen atoms in total. The summed E-state index contributed by atoms with van der Waals surface area (Å²) < 4.78 is 15.7. The molecule has 2 bridgehead atoms. The summed E-state index contributed by atoms with van der Waals surface area (Å²) in [6, 6.07) is 1.17. The van der Waals surface area contributed by atoms with E-state index in [1.807, 2.05) is 0 Å². The van der Waals surface area contributed by atoms with Gasteiger partial charge in [-0.15, -0.1) is 0 Å². The van der Waals surface area contributed by atoms with Crippen molar-refractivity contribution in [3.63, 3.8) is 0 Å². The third-order valence-electron chi connectivity index (χ3n) is 8.23. The third-order valence-corrected chi connectivity index (χ3v) is 8.23. The summed E-state index contributed by atoms with van der Waals surface area (Å²) in [6.45, 7) is 0. The Morgan fingerprint density at radius 3 is 2.62 bits per heavy atom. The molecule has 0 unspecified atom stereocenters. The molecule has 9 heteroatoms. The van der Waals surface area contributed by atoms with Crippen molar-refractivity contribution in [1.82, 2.24) is 19.5 Å². The van der Waals surface area contributed by atoms with E-state index in [0.29, 0.717) is 22.3 Å². The number of hydrogen-bond acceptors (Lipinski definition) is 5. The van der Waals surface area contributed by atoms with Gasteiger partial charge in [-0.05, 0) is 56.4 Å². The number of halogens is 1. The van der Waals surface area contributed by atoms with E-state index < -0.39 is 17.7 Å². The second kappa shape index (κ2) is 8.21. The molecule has 0 aliphatic heterocycles. The van der Waals surface area contributed by atoms with Crippen LogP contribution in [0, 0.1) is 23.6 Å². The average molecular weight is 466 g/mol. The number of nitrogens with one attached hydrogen (secondary N) is 2. The van der Waals surface area contributed by atoms with Crippen molar-refractivity contribution in [2.24, 2.45) is 17.8 Å². The summed E-state index contributed by atoms with van der Waals surface area (Å²) in [7, 11) is 0. The first kappa shape index (κ1) is 21.3. The number of pyridine rings is 1. The molecular weight excluding hydrogens is 437 g/mol. The number of aromatic nitrogens is 4. The van der Waals surface area contributed by atoms with Gasteiger partial charge in [-0.2, -0.15) is 0 Å². The lowest BCUT2D eigenvalue weighted by Crippen LogP contribution is -2.52. The predicted molar refractivity (Wildman–Crippen MR) is 125 cm³/mol. The molecule has 4 aliphatic rings. The number of hydrogen-bond donors (Lipinski definition) is 3. The van der Waals surface area contributed by atoms with Crippen LogP contribution in [0.3, 0.4) is 0 Å². The number of aliphatic carboxylic acids is 1. The van der Waals surface area contributed by atoms with E-state index in [4.69, 9.17) is 4.98 Å². The lowest BCUT2D eigenvalue weighted by Gasteiger charge is -2.47. The van der Waals surface area contributed by atoms with E-state index in [2.05, 4.69) is 15.3 Å². The SMILES string of the molecule is O=C(O)[C@H]1C2CCC(CC2)[C@@H]1Nc1nc(-c2c[nH]c3ncc(F)cc23)cn(C2CCCC2)c1=O. The number of carboxylic acids is 1. The van der Waals surface area contributed by atoms with Gasteiger partial charge in [-0.1, -0.05) is 12.8 Å². The molecule has 2 atom stereocenters. The van der Waals surface area contributed by atoms with Gasteiger partial charge in [0, 0.05) is 35.4 Å². The van der Waals surface area contributed by atoms with Crippen LogP contribution in [0.15, 0.2) is 29.5 Å². The first-order chi connectivity index (χ1) is 16.5. The molecule has 34 heavy (non-hydrogen) atoms. The molecule has 178 valence electrons. The van der Waals surface area contributed by atoms with Gasteiger partial charge in [-0.25, -0.2) is 14.4 Å². The number of nitrogens with zero attached hydrogens (tertiary/aromatic N) is 3. The van der Waals surface area contributed by atoms with E-state index in [0.717, 1.165) is 57.6 Å². The molecule has 0 aromatic carbocycles. The van der Waals surface area contributed by atoms with Gasteiger partial charge in [0.05, 0.1) is 17.8 Å². The number of aromatic amines is 1. The number of rotatable bonds is 5. The molecule has 4 aliphatic carbocycles. The van der Waals surface area contributed by atoms with Gasteiger partial charge >= 0.3 is 5.97 Å². The highest BCUT2D eigenvalue weighted by atomic mass is 19.1. The second-order valence-corrected chi connectivity index (χ2v) is 10.1. The van der Waals surface area contributed by atoms with Crippen molar-refractivity contribution in [2.75, 3.05) is 5.32 Å². The predicted octanol–water partition coefficient (Wildman–Crippen LogP) is 4.34. The number of anilines is 1. The highest BCUT2D eigenvalue weighted by Gasteiger charge is 2.47. The second-order valence-electron chi connectivity index (χ2n) is 10.1. The van der Waals surface area contributed by atoms with Crippen molar-refractivity contribution < 1.29 is 14.3 Å². The van der Waals surface area contributed by atoms with Gasteiger partial charge < -0.3 is 20.0 Å². The fraction of sp³-hybridized carbons (Fsp3) is 0.520. The number of fused-ring (bicyclic) bond motifs is 4. The number of H-pyrrole nitrogens is 1. The third kappa shape index (κ3) is 3.49. The van der Waals surface area contributed by atoms with Crippen LogP contribution in [0.2, 0.25) is 0 Å². The lowest BCUT2D eigenvalue weighted by molar-refractivity contribution is -0.148. The molecule has 3 aromatic rings. The van der Waals surface area contributed by atoms with Crippen molar-refractivity contribution in [3.05, 3.63) is 40.8 Å². The Kier molecular flexibility index (Phi) is 5.15. The van der Waals surface area contributed by atoms with Crippen LogP contribution in [0.4, 0.5) is 10.2 Å². The van der Waals surface area contributed by atoms with E-state index >= 15 is 0 Å². The van der Waals surface area contributed by atoms with Crippen molar-refractivity contribution >= 4 is 22.8 Å². The summed E-state index contributed by atoms with van der Waals surface area (Å²) in [5.41, 5.74) is 1.53. The average Bonchev–Trinajstić information content (AvgIpc) is 3.51. The van der Waals surface area contributed by atoms with Crippen LogP contribution in [-0.4, -0.2) is 36.6 Å². The van der Waals surface area contributed by atoms with Crippen LogP contribution in [0.1, 0.15) is 57.4 Å². The minimum Gasteiger partial charge on any atom is -0.481 e. The van der Waals surface area contributed by atoms with Crippen LogP contribution in [0.5, 0.6) is 0 Å². The Labute approximate surface area is 195 Å². The molecular formula is C25H28FN5O3. The normalized spacial score (nSPS) is 26.9. The smallest absolute Gasteiger partial charge is 0.308 e. The maximum Gasteiger partial charge on any atom is 0.308 e. The van der Waals surface area contributed by atoms with E-state index in [1.165, 1.54) is 6.07 Å². The van der Waals surface area contributed by atoms with Crippen molar-refractivity contribution in [3.8, 4) is 11.3 Å². The molecule has 0 amide bonds. The van der Waals surface area contributed by atoms with E-state index in [9.17, 15) is 19.1 Å². The minimum absolute atomic E-state index is 0.0768. The zero-order valence-electron chi connectivity index (χ0n) is 18.8. The number of carboxylic acid groups (broad SMARTS) is 1. The molecule has 3 aromatic heterocycles. The highest BCUT2D eigenvalue weighted by molar-refractivity contribution is 5.92. The maximum atomic E-state index is 14.0. The molecule has 0 saturated heterocycles. The molecule has 7 rings (SSSR count). The summed E-state index contributed by atoms with van der Waals surface area (Å²) in [6.07, 6.45) is 12.4.